The van der Waals surface area contributed by atoms with Crippen LogP contribution in [0.4, 0.5) is 5.82 Å². The Balaban J connectivity index is 1.72. The molecule has 132 valence electrons. The fourth-order valence-electron chi connectivity index (χ4n) is 3.54. The minimum Gasteiger partial charge on any atom is -0.353 e. The van der Waals surface area contributed by atoms with Crippen molar-refractivity contribution in [3.63, 3.8) is 0 Å². The van der Waals surface area contributed by atoms with Crippen LogP contribution >= 0.6 is 0 Å². The predicted octanol–water partition coefficient (Wildman–Crippen LogP) is -0.103. The van der Waals surface area contributed by atoms with Gasteiger partial charge >= 0.3 is 0 Å². The van der Waals surface area contributed by atoms with Crippen molar-refractivity contribution in [2.24, 2.45) is 0 Å². The highest BCUT2D eigenvalue weighted by Crippen LogP contribution is 2.30. The molecule has 7 nitrogen and oxygen atoms in total. The van der Waals surface area contributed by atoms with Gasteiger partial charge in [-0.3, -0.25) is 4.79 Å². The lowest BCUT2D eigenvalue weighted by Gasteiger charge is -2.42. The van der Waals surface area contributed by atoms with Crippen LogP contribution in [0, 0.1) is 0 Å². The second-order valence-corrected chi connectivity index (χ2v) is 8.81. The number of rotatable bonds is 3. The molecule has 2 saturated heterocycles. The van der Waals surface area contributed by atoms with Gasteiger partial charge in [-0.2, -0.15) is 0 Å². The highest BCUT2D eigenvalue weighted by molar-refractivity contribution is 7.92. The molecule has 0 bridgehead atoms. The summed E-state index contributed by atoms with van der Waals surface area (Å²) < 4.78 is 23.5. The van der Waals surface area contributed by atoms with Crippen molar-refractivity contribution in [3.05, 3.63) is 24.4 Å². The molecule has 0 spiro atoms. The van der Waals surface area contributed by atoms with E-state index in [1.165, 1.54) is 6.26 Å². The average molecular weight is 352 g/mol. The molecule has 2 aliphatic rings. The summed E-state index contributed by atoms with van der Waals surface area (Å²) in [6.07, 6.45) is 3.65. The number of carbonyl (C=O) groups excluding carboxylic acids is 1. The number of piperazine rings is 1. The van der Waals surface area contributed by atoms with Gasteiger partial charge in [0.25, 0.3) is 0 Å². The Bertz CT molecular complexity index is 679. The molecule has 2 aliphatic heterocycles. The van der Waals surface area contributed by atoms with E-state index in [4.69, 9.17) is 0 Å². The Hall–Kier alpha value is -1.67. The van der Waals surface area contributed by atoms with Gasteiger partial charge in [0.15, 0.2) is 14.6 Å². The summed E-state index contributed by atoms with van der Waals surface area (Å²) >= 11 is 0. The van der Waals surface area contributed by atoms with Crippen LogP contribution < -0.4 is 10.2 Å². The summed E-state index contributed by atoms with van der Waals surface area (Å²) in [6.45, 7) is 3.52. The van der Waals surface area contributed by atoms with Crippen LogP contribution in [0.25, 0.3) is 0 Å². The number of aromatic nitrogens is 1. The average Bonchev–Trinajstić information content (AvgIpc) is 2.62. The van der Waals surface area contributed by atoms with Crippen LogP contribution in [0.15, 0.2) is 24.4 Å². The first-order chi connectivity index (χ1) is 11.4. The normalized spacial score (nSPS) is 21.5. The number of hydrogen-bond acceptors (Lipinski definition) is 6. The number of amides is 1. The summed E-state index contributed by atoms with van der Waals surface area (Å²) in [5, 5.41) is 3.15. The third-order valence-corrected chi connectivity index (χ3v) is 7.05. The van der Waals surface area contributed by atoms with Crippen LogP contribution in [0.1, 0.15) is 12.8 Å². The van der Waals surface area contributed by atoms with Gasteiger partial charge in [-0.15, -0.1) is 0 Å². The van der Waals surface area contributed by atoms with Gasteiger partial charge < -0.3 is 15.1 Å². The molecule has 3 heterocycles. The summed E-state index contributed by atoms with van der Waals surface area (Å²) in [4.78, 5) is 21.2. The maximum Gasteiger partial charge on any atom is 0.244 e. The molecule has 0 aliphatic carbocycles. The van der Waals surface area contributed by atoms with Crippen molar-refractivity contribution >= 4 is 21.6 Å². The highest BCUT2D eigenvalue weighted by Gasteiger charge is 2.50. The molecule has 0 saturated carbocycles. The zero-order valence-electron chi connectivity index (χ0n) is 13.9. The smallest absolute Gasteiger partial charge is 0.244 e. The first kappa shape index (κ1) is 17.2. The number of sulfone groups is 1. The van der Waals surface area contributed by atoms with Gasteiger partial charge in [0, 0.05) is 38.6 Å². The summed E-state index contributed by atoms with van der Waals surface area (Å²) in [6, 6.07) is 5.76. The van der Waals surface area contributed by atoms with E-state index >= 15 is 0 Å². The quantitative estimate of drug-likeness (QED) is 0.818. The molecule has 1 aromatic heterocycles. The summed E-state index contributed by atoms with van der Waals surface area (Å²) in [7, 11) is -3.46. The van der Waals surface area contributed by atoms with Crippen molar-refractivity contribution in [2.75, 3.05) is 50.4 Å². The van der Waals surface area contributed by atoms with Crippen molar-refractivity contribution in [3.8, 4) is 0 Å². The SMILES string of the molecule is CS(=O)(=O)C1(C(=O)N2CCN(c3ccccn3)CC2)CCNCC1. The van der Waals surface area contributed by atoms with Crippen molar-refractivity contribution < 1.29 is 13.2 Å². The third kappa shape index (κ3) is 3.12. The minimum absolute atomic E-state index is 0.229. The monoisotopic (exact) mass is 352 g/mol. The molecule has 1 amide bonds. The van der Waals surface area contributed by atoms with Gasteiger partial charge in [0.05, 0.1) is 0 Å². The lowest BCUT2D eigenvalue weighted by atomic mass is 9.95. The topological polar surface area (TPSA) is 82.6 Å². The third-order valence-electron chi connectivity index (χ3n) is 5.05. The van der Waals surface area contributed by atoms with Gasteiger partial charge in [0.2, 0.25) is 5.91 Å². The van der Waals surface area contributed by atoms with E-state index in [0.29, 0.717) is 52.1 Å². The second kappa shape index (κ2) is 6.68. The number of hydrogen-bond donors (Lipinski definition) is 1. The summed E-state index contributed by atoms with van der Waals surface area (Å²) in [5.41, 5.74) is 0. The van der Waals surface area contributed by atoms with Crippen molar-refractivity contribution in [2.45, 2.75) is 17.6 Å². The number of carbonyl (C=O) groups is 1. The fourth-order valence-corrected chi connectivity index (χ4v) is 4.93. The number of anilines is 1. The molecular formula is C16H24N4O3S. The molecule has 8 heteroatoms. The standard InChI is InChI=1S/C16H24N4O3S/c1-24(22,23)16(5-8-17-9-6-16)15(21)20-12-10-19(11-13-20)14-4-2-3-7-18-14/h2-4,7,17H,5-6,8-13H2,1H3. The van der Waals surface area contributed by atoms with E-state index in [2.05, 4.69) is 15.2 Å². The van der Waals surface area contributed by atoms with Gasteiger partial charge in [-0.25, -0.2) is 13.4 Å². The lowest BCUT2D eigenvalue weighted by molar-refractivity contribution is -0.135. The van der Waals surface area contributed by atoms with Crippen molar-refractivity contribution in [1.29, 1.82) is 0 Å². The molecule has 24 heavy (non-hydrogen) atoms. The largest absolute Gasteiger partial charge is 0.353 e. The Kier molecular flexibility index (Phi) is 4.78. The Morgan fingerprint density at radius 2 is 1.83 bits per heavy atom. The molecule has 0 unspecified atom stereocenters. The molecule has 0 atom stereocenters. The number of nitrogens with zero attached hydrogens (tertiary/aromatic N) is 3. The molecule has 2 fully saturated rings. The minimum atomic E-state index is -3.46. The highest BCUT2D eigenvalue weighted by atomic mass is 32.2. The van der Waals surface area contributed by atoms with E-state index in [-0.39, 0.29) is 5.91 Å². The second-order valence-electron chi connectivity index (χ2n) is 6.48. The van der Waals surface area contributed by atoms with Gasteiger partial charge in [-0.05, 0) is 38.1 Å². The molecular weight excluding hydrogens is 328 g/mol. The van der Waals surface area contributed by atoms with Crippen LogP contribution in [0.3, 0.4) is 0 Å². The fraction of sp³-hybridized carbons (Fsp3) is 0.625. The van der Waals surface area contributed by atoms with E-state index in [1.54, 1.807) is 11.1 Å². The molecule has 3 rings (SSSR count). The maximum absolute atomic E-state index is 13.0. The van der Waals surface area contributed by atoms with Crippen LogP contribution in [-0.2, 0) is 14.6 Å². The lowest BCUT2D eigenvalue weighted by Crippen LogP contribution is -2.61. The Morgan fingerprint density at radius 1 is 1.17 bits per heavy atom. The first-order valence-corrected chi connectivity index (χ1v) is 10.2. The zero-order chi connectivity index (χ0) is 17.2. The zero-order valence-corrected chi connectivity index (χ0v) is 14.8. The molecule has 1 N–H and O–H groups in total. The van der Waals surface area contributed by atoms with Crippen LogP contribution in [-0.4, -0.2) is 74.5 Å². The molecule has 0 aromatic carbocycles. The van der Waals surface area contributed by atoms with Gasteiger partial charge in [0.1, 0.15) is 5.82 Å². The van der Waals surface area contributed by atoms with E-state index in [1.807, 2.05) is 18.2 Å². The Morgan fingerprint density at radius 3 is 2.38 bits per heavy atom. The van der Waals surface area contributed by atoms with E-state index in [0.717, 1.165) is 5.82 Å². The van der Waals surface area contributed by atoms with E-state index < -0.39 is 14.6 Å². The molecule has 1 aromatic rings. The van der Waals surface area contributed by atoms with Crippen LogP contribution in [0.2, 0.25) is 0 Å². The predicted molar refractivity (Wildman–Crippen MR) is 92.7 cm³/mol. The number of piperidine rings is 1. The number of pyridine rings is 1. The van der Waals surface area contributed by atoms with Crippen molar-refractivity contribution in [1.82, 2.24) is 15.2 Å². The van der Waals surface area contributed by atoms with Crippen LogP contribution in [0.5, 0.6) is 0 Å². The number of nitrogens with one attached hydrogen (secondary N) is 1. The first-order valence-electron chi connectivity index (χ1n) is 8.30. The summed E-state index contributed by atoms with van der Waals surface area (Å²) in [5.74, 6) is 0.663. The Labute approximate surface area is 143 Å². The maximum atomic E-state index is 13.0. The molecule has 0 radical (unpaired) electrons. The van der Waals surface area contributed by atoms with Gasteiger partial charge in [-0.1, -0.05) is 6.07 Å². The van der Waals surface area contributed by atoms with E-state index in [9.17, 15) is 13.2 Å².